The summed E-state index contributed by atoms with van der Waals surface area (Å²) in [6, 6.07) is 5.09. The van der Waals surface area contributed by atoms with Gasteiger partial charge in [0.2, 0.25) is 9.84 Å². The third-order valence-electron chi connectivity index (χ3n) is 2.02. The summed E-state index contributed by atoms with van der Waals surface area (Å²) in [7, 11) is -4.52. The van der Waals surface area contributed by atoms with E-state index in [2.05, 4.69) is 0 Å². The molecule has 0 aliphatic rings. The van der Waals surface area contributed by atoms with E-state index >= 15 is 0 Å². The summed E-state index contributed by atoms with van der Waals surface area (Å²) < 4.78 is 46.5. The van der Waals surface area contributed by atoms with Crippen LogP contribution in [0, 0.1) is 0 Å². The van der Waals surface area contributed by atoms with Gasteiger partial charge in [-0.1, -0.05) is 12.1 Å². The van der Waals surface area contributed by atoms with Crippen molar-refractivity contribution in [2.75, 3.05) is 0 Å². The summed E-state index contributed by atoms with van der Waals surface area (Å²) >= 11 is 0. The number of aliphatic hydroxyl groups excluding tert-OH is 1. The van der Waals surface area contributed by atoms with E-state index in [9.17, 15) is 17.2 Å². The molecule has 0 heterocycles. The van der Waals surface area contributed by atoms with E-state index in [0.717, 1.165) is 12.1 Å². The van der Waals surface area contributed by atoms with E-state index in [1.165, 1.54) is 12.1 Å². The Kier molecular flexibility index (Phi) is 3.98. The lowest BCUT2D eigenvalue weighted by Gasteiger charge is -2.06. The smallest absolute Gasteiger partial charge is 0.341 e. The van der Waals surface area contributed by atoms with E-state index in [1.807, 2.05) is 0 Å². The number of hydrogen-bond donors (Lipinski definition) is 1. The van der Waals surface area contributed by atoms with Crippen LogP contribution in [0.3, 0.4) is 0 Å². The first kappa shape index (κ1) is 13.1. The van der Waals surface area contributed by atoms with Gasteiger partial charge in [0.15, 0.2) is 0 Å². The topological polar surface area (TPSA) is 54.4 Å². The standard InChI is InChI=1S/C10H12F2O3S/c1-7(13)6-8-2-4-9(5-3-8)16(14,15)10(11)12/h2-5,7,10,13H,6H2,1H3. The fraction of sp³-hybridized carbons (Fsp3) is 0.400. The summed E-state index contributed by atoms with van der Waals surface area (Å²) in [5.41, 5.74) is 0.697. The Bertz CT molecular complexity index is 438. The molecule has 1 aromatic rings. The van der Waals surface area contributed by atoms with Gasteiger partial charge >= 0.3 is 5.76 Å². The zero-order valence-electron chi connectivity index (χ0n) is 8.60. The van der Waals surface area contributed by atoms with Crippen LogP contribution < -0.4 is 0 Å². The second-order valence-corrected chi connectivity index (χ2v) is 5.42. The number of alkyl halides is 2. The summed E-state index contributed by atoms with van der Waals surface area (Å²) in [6.45, 7) is 1.59. The maximum atomic E-state index is 12.2. The summed E-state index contributed by atoms with van der Waals surface area (Å²) in [4.78, 5) is -0.406. The van der Waals surface area contributed by atoms with Crippen molar-refractivity contribution in [3.05, 3.63) is 29.8 Å². The molecule has 1 unspecified atom stereocenters. The molecule has 16 heavy (non-hydrogen) atoms. The lowest BCUT2D eigenvalue weighted by Crippen LogP contribution is -2.11. The molecule has 1 aromatic carbocycles. The Balaban J connectivity index is 2.96. The molecule has 0 saturated carbocycles. The van der Waals surface area contributed by atoms with Crippen molar-refractivity contribution in [2.45, 2.75) is 30.1 Å². The molecule has 0 fully saturated rings. The van der Waals surface area contributed by atoms with E-state index in [0.29, 0.717) is 12.0 Å². The van der Waals surface area contributed by atoms with Gasteiger partial charge in [0.25, 0.3) is 0 Å². The molecule has 90 valence electrons. The van der Waals surface area contributed by atoms with E-state index in [1.54, 1.807) is 6.92 Å². The van der Waals surface area contributed by atoms with Gasteiger partial charge in [-0.05, 0) is 31.0 Å². The van der Waals surface area contributed by atoms with Gasteiger partial charge in [-0.15, -0.1) is 0 Å². The minimum absolute atomic E-state index is 0.356. The average molecular weight is 250 g/mol. The Morgan fingerprint density at radius 2 is 1.75 bits per heavy atom. The van der Waals surface area contributed by atoms with Gasteiger partial charge in [-0.25, -0.2) is 8.42 Å². The molecule has 0 saturated heterocycles. The SMILES string of the molecule is CC(O)Cc1ccc(S(=O)(=O)C(F)F)cc1. The first-order valence-corrected chi connectivity index (χ1v) is 6.17. The number of rotatable bonds is 4. The van der Waals surface area contributed by atoms with Crippen LogP contribution in [0.2, 0.25) is 0 Å². The van der Waals surface area contributed by atoms with Crippen molar-refractivity contribution in [3.63, 3.8) is 0 Å². The van der Waals surface area contributed by atoms with Gasteiger partial charge in [0, 0.05) is 0 Å². The van der Waals surface area contributed by atoms with Crippen molar-refractivity contribution in [1.82, 2.24) is 0 Å². The lowest BCUT2D eigenvalue weighted by molar-refractivity contribution is 0.195. The lowest BCUT2D eigenvalue weighted by atomic mass is 10.1. The van der Waals surface area contributed by atoms with Crippen LogP contribution in [0.1, 0.15) is 12.5 Å². The quantitative estimate of drug-likeness (QED) is 0.883. The second kappa shape index (κ2) is 4.88. The van der Waals surface area contributed by atoms with Crippen molar-refractivity contribution < 1.29 is 22.3 Å². The van der Waals surface area contributed by atoms with Gasteiger partial charge in [-0.2, -0.15) is 8.78 Å². The number of aliphatic hydroxyl groups is 1. The maximum Gasteiger partial charge on any atom is 0.341 e. The molecule has 0 bridgehead atoms. The molecule has 1 rings (SSSR count). The highest BCUT2D eigenvalue weighted by atomic mass is 32.2. The summed E-state index contributed by atoms with van der Waals surface area (Å²) in [5.74, 6) is -3.41. The van der Waals surface area contributed by atoms with Crippen LogP contribution in [-0.4, -0.2) is 25.4 Å². The van der Waals surface area contributed by atoms with Crippen LogP contribution in [-0.2, 0) is 16.3 Å². The molecule has 0 aliphatic carbocycles. The van der Waals surface area contributed by atoms with Gasteiger partial charge < -0.3 is 5.11 Å². The average Bonchev–Trinajstić information content (AvgIpc) is 2.17. The first-order chi connectivity index (χ1) is 7.34. The molecule has 1 atom stereocenters. The molecule has 0 aromatic heterocycles. The largest absolute Gasteiger partial charge is 0.393 e. The van der Waals surface area contributed by atoms with Crippen molar-refractivity contribution in [1.29, 1.82) is 0 Å². The molecule has 0 aliphatic heterocycles. The van der Waals surface area contributed by atoms with Crippen LogP contribution in [0.25, 0.3) is 0 Å². The van der Waals surface area contributed by atoms with Crippen LogP contribution in [0.5, 0.6) is 0 Å². The number of halogens is 2. The van der Waals surface area contributed by atoms with Crippen molar-refractivity contribution in [2.24, 2.45) is 0 Å². The first-order valence-electron chi connectivity index (χ1n) is 4.63. The molecule has 1 N–H and O–H groups in total. The molecule has 3 nitrogen and oxygen atoms in total. The monoisotopic (exact) mass is 250 g/mol. The highest BCUT2D eigenvalue weighted by Gasteiger charge is 2.26. The number of hydrogen-bond acceptors (Lipinski definition) is 3. The van der Waals surface area contributed by atoms with E-state index in [4.69, 9.17) is 5.11 Å². The number of sulfone groups is 1. The Morgan fingerprint density at radius 1 is 1.25 bits per heavy atom. The van der Waals surface area contributed by atoms with Gasteiger partial charge in [0.05, 0.1) is 11.0 Å². The second-order valence-electron chi connectivity index (χ2n) is 3.50. The molecule has 0 amide bonds. The normalized spacial score (nSPS) is 14.1. The van der Waals surface area contributed by atoms with Gasteiger partial charge in [-0.3, -0.25) is 0 Å². The molecule has 6 heteroatoms. The fourth-order valence-electron chi connectivity index (χ4n) is 1.26. The minimum atomic E-state index is -4.52. The Hall–Kier alpha value is -1.01. The molecular formula is C10H12F2O3S. The predicted molar refractivity (Wildman–Crippen MR) is 55.0 cm³/mol. The zero-order chi connectivity index (χ0) is 12.3. The molecular weight excluding hydrogens is 238 g/mol. The molecule has 0 radical (unpaired) electrons. The third kappa shape index (κ3) is 2.99. The minimum Gasteiger partial charge on any atom is -0.393 e. The van der Waals surface area contributed by atoms with E-state index in [-0.39, 0.29) is 0 Å². The Labute approximate surface area is 92.6 Å². The van der Waals surface area contributed by atoms with Crippen molar-refractivity contribution >= 4 is 9.84 Å². The van der Waals surface area contributed by atoms with Crippen LogP contribution in [0.15, 0.2) is 29.2 Å². The van der Waals surface area contributed by atoms with Crippen LogP contribution in [0.4, 0.5) is 8.78 Å². The van der Waals surface area contributed by atoms with Gasteiger partial charge in [0.1, 0.15) is 0 Å². The predicted octanol–water partition coefficient (Wildman–Crippen LogP) is 1.61. The summed E-state index contributed by atoms with van der Waals surface area (Å²) in [6.07, 6.45) is -0.202. The highest BCUT2D eigenvalue weighted by molar-refractivity contribution is 7.91. The van der Waals surface area contributed by atoms with E-state index < -0.39 is 26.6 Å². The fourth-order valence-corrected chi connectivity index (χ4v) is 1.98. The highest BCUT2D eigenvalue weighted by Crippen LogP contribution is 2.18. The zero-order valence-corrected chi connectivity index (χ0v) is 9.42. The Morgan fingerprint density at radius 3 is 2.12 bits per heavy atom. The van der Waals surface area contributed by atoms with Crippen molar-refractivity contribution in [3.8, 4) is 0 Å². The molecule has 0 spiro atoms. The third-order valence-corrected chi connectivity index (χ3v) is 3.42. The van der Waals surface area contributed by atoms with Crippen LogP contribution >= 0.6 is 0 Å². The summed E-state index contributed by atoms with van der Waals surface area (Å²) in [5, 5.41) is 9.08. The number of benzene rings is 1. The maximum absolute atomic E-state index is 12.2.